The summed E-state index contributed by atoms with van der Waals surface area (Å²) in [5.74, 6) is 1.47. The maximum atomic E-state index is 6.21. The first kappa shape index (κ1) is 14.2. The predicted octanol–water partition coefficient (Wildman–Crippen LogP) is 3.86. The van der Waals surface area contributed by atoms with Crippen LogP contribution in [0.25, 0.3) is 0 Å². The molecule has 1 aliphatic heterocycles. The smallest absolute Gasteiger partial charge is 0.122 e. The molecule has 21 heavy (non-hydrogen) atoms. The SMILES string of the molecule is CCC(CN)(CC1COc2ccccc21)c1ccccc1. The average Bonchev–Trinajstić information content (AvgIpc) is 2.96. The van der Waals surface area contributed by atoms with Crippen LogP contribution in [-0.2, 0) is 5.41 Å². The fourth-order valence-corrected chi connectivity index (χ4v) is 3.47. The van der Waals surface area contributed by atoms with Crippen molar-refractivity contribution in [1.82, 2.24) is 0 Å². The summed E-state index contributed by atoms with van der Waals surface area (Å²) in [5.41, 5.74) is 8.92. The van der Waals surface area contributed by atoms with Crippen LogP contribution in [-0.4, -0.2) is 13.2 Å². The van der Waals surface area contributed by atoms with Gasteiger partial charge in [0.15, 0.2) is 0 Å². The topological polar surface area (TPSA) is 35.2 Å². The zero-order valence-electron chi connectivity index (χ0n) is 12.6. The Labute approximate surface area is 126 Å². The molecule has 2 aromatic carbocycles. The van der Waals surface area contributed by atoms with Crippen molar-refractivity contribution >= 4 is 0 Å². The van der Waals surface area contributed by atoms with Crippen LogP contribution in [0.1, 0.15) is 36.8 Å². The number of nitrogens with two attached hydrogens (primary N) is 1. The minimum atomic E-state index is 0.0345. The van der Waals surface area contributed by atoms with Crippen LogP contribution < -0.4 is 10.5 Å². The molecule has 1 heterocycles. The molecule has 2 nitrogen and oxygen atoms in total. The van der Waals surface area contributed by atoms with Crippen molar-refractivity contribution in [3.8, 4) is 5.75 Å². The predicted molar refractivity (Wildman–Crippen MR) is 86.8 cm³/mol. The molecule has 110 valence electrons. The lowest BCUT2D eigenvalue weighted by atomic mass is 9.71. The summed E-state index contributed by atoms with van der Waals surface area (Å²) < 4.78 is 5.84. The Balaban J connectivity index is 1.91. The number of fused-ring (bicyclic) bond motifs is 1. The van der Waals surface area contributed by atoms with Gasteiger partial charge in [0.25, 0.3) is 0 Å². The van der Waals surface area contributed by atoms with Crippen LogP contribution in [0.4, 0.5) is 0 Å². The van der Waals surface area contributed by atoms with Crippen LogP contribution in [0, 0.1) is 0 Å². The maximum absolute atomic E-state index is 6.21. The molecule has 2 aromatic rings. The lowest BCUT2D eigenvalue weighted by Crippen LogP contribution is -2.36. The van der Waals surface area contributed by atoms with Gasteiger partial charge in [-0.2, -0.15) is 0 Å². The second kappa shape index (κ2) is 5.90. The van der Waals surface area contributed by atoms with Crippen LogP contribution in [0.3, 0.4) is 0 Å². The summed E-state index contributed by atoms with van der Waals surface area (Å²) in [4.78, 5) is 0. The molecular weight excluding hydrogens is 258 g/mol. The van der Waals surface area contributed by atoms with Crippen LogP contribution >= 0.6 is 0 Å². The molecule has 0 bridgehead atoms. The van der Waals surface area contributed by atoms with E-state index >= 15 is 0 Å². The summed E-state index contributed by atoms with van der Waals surface area (Å²) in [6, 6.07) is 19.1. The Hall–Kier alpha value is -1.80. The van der Waals surface area contributed by atoms with E-state index in [9.17, 15) is 0 Å². The summed E-state index contributed by atoms with van der Waals surface area (Å²) in [6.07, 6.45) is 2.09. The molecule has 2 unspecified atom stereocenters. The van der Waals surface area contributed by atoms with Gasteiger partial charge in [-0.05, 0) is 24.5 Å². The number of hydrogen-bond donors (Lipinski definition) is 1. The Morgan fingerprint density at radius 1 is 1.10 bits per heavy atom. The van der Waals surface area contributed by atoms with Crippen LogP contribution in [0.2, 0.25) is 0 Å². The molecule has 0 aliphatic carbocycles. The van der Waals surface area contributed by atoms with Crippen molar-refractivity contribution < 1.29 is 4.74 Å². The fraction of sp³-hybridized carbons (Fsp3) is 0.368. The number of rotatable bonds is 5. The van der Waals surface area contributed by atoms with Gasteiger partial charge in [0.05, 0.1) is 6.61 Å². The van der Waals surface area contributed by atoms with Crippen molar-refractivity contribution in [2.75, 3.05) is 13.2 Å². The van der Waals surface area contributed by atoms with Gasteiger partial charge in [-0.15, -0.1) is 0 Å². The van der Waals surface area contributed by atoms with E-state index in [0.29, 0.717) is 12.5 Å². The van der Waals surface area contributed by atoms with Gasteiger partial charge in [0.1, 0.15) is 5.75 Å². The molecule has 0 spiro atoms. The normalized spacial score (nSPS) is 19.6. The van der Waals surface area contributed by atoms with E-state index in [2.05, 4.69) is 55.5 Å². The van der Waals surface area contributed by atoms with E-state index in [1.807, 2.05) is 6.07 Å². The molecule has 2 atom stereocenters. The molecule has 0 saturated carbocycles. The van der Waals surface area contributed by atoms with Gasteiger partial charge < -0.3 is 10.5 Å². The van der Waals surface area contributed by atoms with Gasteiger partial charge >= 0.3 is 0 Å². The highest BCUT2D eigenvalue weighted by atomic mass is 16.5. The second-order valence-corrected chi connectivity index (χ2v) is 5.95. The quantitative estimate of drug-likeness (QED) is 0.903. The highest BCUT2D eigenvalue weighted by Crippen LogP contribution is 2.43. The van der Waals surface area contributed by atoms with Crippen LogP contribution in [0.15, 0.2) is 54.6 Å². The van der Waals surface area contributed by atoms with Gasteiger partial charge in [-0.3, -0.25) is 0 Å². The van der Waals surface area contributed by atoms with Gasteiger partial charge in [-0.25, -0.2) is 0 Å². The first-order chi connectivity index (χ1) is 10.3. The number of ether oxygens (including phenoxy) is 1. The molecule has 0 saturated heterocycles. The minimum absolute atomic E-state index is 0.0345. The number of hydrogen-bond acceptors (Lipinski definition) is 2. The summed E-state index contributed by atoms with van der Waals surface area (Å²) in [7, 11) is 0. The largest absolute Gasteiger partial charge is 0.493 e. The van der Waals surface area contributed by atoms with Gasteiger partial charge in [-0.1, -0.05) is 55.5 Å². The fourth-order valence-electron chi connectivity index (χ4n) is 3.47. The third-order valence-corrected chi connectivity index (χ3v) is 4.89. The third-order valence-electron chi connectivity index (χ3n) is 4.89. The average molecular weight is 281 g/mol. The van der Waals surface area contributed by atoms with E-state index < -0.39 is 0 Å². The number of para-hydroxylation sites is 1. The van der Waals surface area contributed by atoms with Crippen molar-refractivity contribution in [3.05, 3.63) is 65.7 Å². The standard InChI is InChI=1S/C19H23NO/c1-2-19(14-20,16-8-4-3-5-9-16)12-15-13-21-18-11-7-6-10-17(15)18/h3-11,15H,2,12-14,20H2,1H3. The Morgan fingerprint density at radius 3 is 2.52 bits per heavy atom. The van der Waals surface area contributed by atoms with E-state index in [1.165, 1.54) is 11.1 Å². The molecular formula is C19H23NO. The molecule has 2 N–H and O–H groups in total. The van der Waals surface area contributed by atoms with Crippen molar-refractivity contribution in [1.29, 1.82) is 0 Å². The lowest BCUT2D eigenvalue weighted by Gasteiger charge is -2.34. The molecule has 0 fully saturated rings. The van der Waals surface area contributed by atoms with Gasteiger partial charge in [0.2, 0.25) is 0 Å². The molecule has 0 aromatic heterocycles. The summed E-state index contributed by atoms with van der Waals surface area (Å²) in [5, 5.41) is 0. The monoisotopic (exact) mass is 281 g/mol. The minimum Gasteiger partial charge on any atom is -0.493 e. The van der Waals surface area contributed by atoms with E-state index in [0.717, 1.165) is 25.2 Å². The maximum Gasteiger partial charge on any atom is 0.122 e. The molecule has 0 amide bonds. The highest BCUT2D eigenvalue weighted by molar-refractivity contribution is 5.40. The van der Waals surface area contributed by atoms with E-state index in [1.54, 1.807) is 0 Å². The molecule has 0 radical (unpaired) electrons. The Kier molecular flexibility index (Phi) is 3.98. The van der Waals surface area contributed by atoms with E-state index in [4.69, 9.17) is 10.5 Å². The number of benzene rings is 2. The second-order valence-electron chi connectivity index (χ2n) is 5.95. The lowest BCUT2D eigenvalue weighted by molar-refractivity contribution is 0.284. The summed E-state index contributed by atoms with van der Waals surface area (Å²) in [6.45, 7) is 3.68. The van der Waals surface area contributed by atoms with Crippen LogP contribution in [0.5, 0.6) is 5.75 Å². The van der Waals surface area contributed by atoms with Crippen molar-refractivity contribution in [3.63, 3.8) is 0 Å². The zero-order valence-corrected chi connectivity index (χ0v) is 12.6. The Morgan fingerprint density at radius 2 is 1.81 bits per heavy atom. The third kappa shape index (κ3) is 2.56. The molecule has 2 heteroatoms. The highest BCUT2D eigenvalue weighted by Gasteiger charge is 2.35. The summed E-state index contributed by atoms with van der Waals surface area (Å²) >= 11 is 0. The first-order valence-corrected chi connectivity index (χ1v) is 7.76. The molecule has 3 rings (SSSR count). The van der Waals surface area contributed by atoms with Crippen molar-refractivity contribution in [2.45, 2.75) is 31.1 Å². The Bertz CT molecular complexity index is 590. The van der Waals surface area contributed by atoms with Gasteiger partial charge in [0, 0.05) is 23.4 Å². The first-order valence-electron chi connectivity index (χ1n) is 7.76. The molecule has 1 aliphatic rings. The zero-order chi connectivity index (χ0) is 14.7. The van der Waals surface area contributed by atoms with Crippen molar-refractivity contribution in [2.24, 2.45) is 5.73 Å². The van der Waals surface area contributed by atoms with E-state index in [-0.39, 0.29) is 5.41 Å².